The first-order valence-corrected chi connectivity index (χ1v) is 8.59. The first kappa shape index (κ1) is 15.1. The molecule has 2 amide bonds. The van der Waals surface area contributed by atoms with Crippen molar-refractivity contribution in [2.75, 3.05) is 25.4 Å². The molecule has 1 atom stereocenters. The summed E-state index contributed by atoms with van der Waals surface area (Å²) in [5.41, 5.74) is 0.644. The lowest BCUT2D eigenvalue weighted by Gasteiger charge is -2.21. The van der Waals surface area contributed by atoms with Gasteiger partial charge in [0.25, 0.3) is 11.8 Å². The van der Waals surface area contributed by atoms with Crippen molar-refractivity contribution in [3.63, 3.8) is 0 Å². The number of hydrogen-bond acceptors (Lipinski definition) is 5. The summed E-state index contributed by atoms with van der Waals surface area (Å²) in [6.45, 7) is 2.16. The molecule has 0 saturated carbocycles. The molecule has 2 aliphatic rings. The lowest BCUT2D eigenvalue weighted by molar-refractivity contribution is 0.0663. The minimum atomic E-state index is -3.57. The van der Waals surface area contributed by atoms with Gasteiger partial charge in [0.15, 0.2) is 0 Å². The van der Waals surface area contributed by atoms with Crippen LogP contribution in [0.3, 0.4) is 0 Å². The van der Waals surface area contributed by atoms with Gasteiger partial charge in [-0.2, -0.15) is 4.31 Å². The fourth-order valence-corrected chi connectivity index (χ4v) is 4.22. The highest BCUT2D eigenvalue weighted by Crippen LogP contribution is 2.23. The van der Waals surface area contributed by atoms with Gasteiger partial charge in [-0.3, -0.25) is 14.5 Å². The molecule has 0 spiro atoms. The fourth-order valence-electron chi connectivity index (χ4n) is 2.71. The number of hydrogen-bond donors (Lipinski definition) is 0. The molecule has 8 heteroatoms. The summed E-state index contributed by atoms with van der Waals surface area (Å²) in [6, 6.07) is 6.49. The summed E-state index contributed by atoms with van der Waals surface area (Å²) >= 11 is 0. The van der Waals surface area contributed by atoms with Crippen LogP contribution in [0.1, 0.15) is 27.6 Å². The summed E-state index contributed by atoms with van der Waals surface area (Å²) < 4.78 is 31.0. The number of benzene rings is 1. The smallest absolute Gasteiger partial charge is 0.261 e. The predicted molar refractivity (Wildman–Crippen MR) is 77.7 cm³/mol. The van der Waals surface area contributed by atoms with Gasteiger partial charge in [0, 0.05) is 13.1 Å². The van der Waals surface area contributed by atoms with Crippen molar-refractivity contribution in [3.8, 4) is 0 Å². The van der Waals surface area contributed by atoms with E-state index in [0.717, 1.165) is 4.90 Å². The number of amides is 2. The third-order valence-corrected chi connectivity index (χ3v) is 5.78. The minimum absolute atomic E-state index is 0.155. The lowest BCUT2D eigenvalue weighted by atomic mass is 10.1. The molecular formula is C14H16N2O5S. The average Bonchev–Trinajstić information content (AvgIpc) is 3.02. The van der Waals surface area contributed by atoms with E-state index in [2.05, 4.69) is 0 Å². The Bertz CT molecular complexity index is 696. The van der Waals surface area contributed by atoms with Gasteiger partial charge < -0.3 is 4.74 Å². The summed E-state index contributed by atoms with van der Waals surface area (Å²) in [6.07, 6.45) is -0.507. The molecule has 0 bridgehead atoms. The van der Waals surface area contributed by atoms with Gasteiger partial charge in [-0.1, -0.05) is 12.1 Å². The van der Waals surface area contributed by atoms with Crippen LogP contribution in [0.2, 0.25) is 0 Å². The van der Waals surface area contributed by atoms with Gasteiger partial charge in [0.1, 0.15) is 6.23 Å². The first-order chi connectivity index (χ1) is 10.4. The Morgan fingerprint density at radius 2 is 1.77 bits per heavy atom. The van der Waals surface area contributed by atoms with Crippen molar-refractivity contribution in [2.45, 2.75) is 13.2 Å². The number of fused-ring (bicyclic) bond motifs is 1. The molecule has 1 fully saturated rings. The number of rotatable bonds is 4. The molecule has 2 heterocycles. The van der Waals surface area contributed by atoms with E-state index < -0.39 is 28.1 Å². The van der Waals surface area contributed by atoms with E-state index in [1.807, 2.05) is 0 Å². The largest absolute Gasteiger partial charge is 0.361 e. The van der Waals surface area contributed by atoms with Crippen LogP contribution >= 0.6 is 0 Å². The van der Waals surface area contributed by atoms with Crippen molar-refractivity contribution >= 4 is 21.8 Å². The maximum Gasteiger partial charge on any atom is 0.261 e. The molecule has 3 rings (SSSR count). The summed E-state index contributed by atoms with van der Waals surface area (Å²) in [4.78, 5) is 25.4. The molecule has 0 aliphatic carbocycles. The number of sulfonamides is 1. The van der Waals surface area contributed by atoms with Crippen LogP contribution in [0.4, 0.5) is 0 Å². The van der Waals surface area contributed by atoms with Gasteiger partial charge in [0.2, 0.25) is 10.0 Å². The third-order valence-electron chi connectivity index (χ3n) is 3.88. The van der Waals surface area contributed by atoms with Crippen LogP contribution in [-0.2, 0) is 14.8 Å². The second-order valence-corrected chi connectivity index (χ2v) is 7.25. The maximum absolute atomic E-state index is 12.3. The summed E-state index contributed by atoms with van der Waals surface area (Å²) in [5.74, 6) is -1.19. The van der Waals surface area contributed by atoms with Gasteiger partial charge in [-0.15, -0.1) is 0 Å². The molecule has 0 radical (unpaired) electrons. The molecule has 1 aromatic rings. The normalized spacial score (nSPS) is 22.4. The predicted octanol–water partition coefficient (Wildman–Crippen LogP) is 0.291. The third kappa shape index (κ3) is 2.43. The molecule has 1 saturated heterocycles. The van der Waals surface area contributed by atoms with Crippen LogP contribution in [0.25, 0.3) is 0 Å². The molecule has 0 N–H and O–H groups in total. The standard InChI is InChI=1S/C14H16N2O5S/c1-10-16(6-8-21-10)22(19,20)9-7-15-13(17)11-4-2-3-5-12(11)14(15)18/h2-5,10H,6-9H2,1H3. The van der Waals surface area contributed by atoms with E-state index in [4.69, 9.17) is 4.74 Å². The number of nitrogens with zero attached hydrogens (tertiary/aromatic N) is 2. The first-order valence-electron chi connectivity index (χ1n) is 6.98. The molecule has 1 unspecified atom stereocenters. The Labute approximate surface area is 128 Å². The quantitative estimate of drug-likeness (QED) is 0.743. The van der Waals surface area contributed by atoms with Crippen LogP contribution in [0.15, 0.2) is 24.3 Å². The van der Waals surface area contributed by atoms with Crippen LogP contribution in [0.5, 0.6) is 0 Å². The van der Waals surface area contributed by atoms with Crippen molar-refractivity contribution < 1.29 is 22.7 Å². The highest BCUT2D eigenvalue weighted by atomic mass is 32.2. The number of imide groups is 1. The van der Waals surface area contributed by atoms with Crippen molar-refractivity contribution in [2.24, 2.45) is 0 Å². The maximum atomic E-state index is 12.3. The fraction of sp³-hybridized carbons (Fsp3) is 0.429. The Morgan fingerprint density at radius 1 is 1.18 bits per heavy atom. The van der Waals surface area contributed by atoms with Crippen LogP contribution < -0.4 is 0 Å². The van der Waals surface area contributed by atoms with E-state index >= 15 is 0 Å². The number of carbonyl (C=O) groups is 2. The molecule has 0 aromatic heterocycles. The van der Waals surface area contributed by atoms with E-state index in [0.29, 0.717) is 24.3 Å². The molecule has 7 nitrogen and oxygen atoms in total. The molecule has 22 heavy (non-hydrogen) atoms. The van der Waals surface area contributed by atoms with Crippen LogP contribution in [0, 0.1) is 0 Å². The van der Waals surface area contributed by atoms with Gasteiger partial charge >= 0.3 is 0 Å². The van der Waals surface area contributed by atoms with Gasteiger partial charge in [0.05, 0.1) is 23.5 Å². The van der Waals surface area contributed by atoms with Crippen molar-refractivity contribution in [3.05, 3.63) is 35.4 Å². The SMILES string of the molecule is CC1OCCN1S(=O)(=O)CCN1C(=O)c2ccccc2C1=O. The Hall–Kier alpha value is -1.77. The summed E-state index contributed by atoms with van der Waals surface area (Å²) in [7, 11) is -3.57. The van der Waals surface area contributed by atoms with Crippen molar-refractivity contribution in [1.82, 2.24) is 9.21 Å². The Morgan fingerprint density at radius 3 is 2.27 bits per heavy atom. The molecule has 118 valence electrons. The minimum Gasteiger partial charge on any atom is -0.361 e. The molecule has 2 aliphatic heterocycles. The summed E-state index contributed by atoms with van der Waals surface area (Å²) in [5, 5.41) is 0. The zero-order chi connectivity index (χ0) is 15.9. The molecule has 1 aromatic carbocycles. The Balaban J connectivity index is 1.73. The van der Waals surface area contributed by atoms with Gasteiger partial charge in [-0.25, -0.2) is 8.42 Å². The molecular weight excluding hydrogens is 308 g/mol. The number of ether oxygens (including phenoxy) is 1. The van der Waals surface area contributed by atoms with Crippen molar-refractivity contribution in [1.29, 1.82) is 0 Å². The van der Waals surface area contributed by atoms with Gasteiger partial charge in [-0.05, 0) is 19.1 Å². The second-order valence-electron chi connectivity index (χ2n) is 5.20. The van der Waals surface area contributed by atoms with E-state index in [9.17, 15) is 18.0 Å². The van der Waals surface area contributed by atoms with E-state index in [1.54, 1.807) is 31.2 Å². The average molecular weight is 324 g/mol. The topological polar surface area (TPSA) is 84.0 Å². The zero-order valence-corrected chi connectivity index (χ0v) is 12.9. The number of carbonyl (C=O) groups excluding carboxylic acids is 2. The Kier molecular flexibility index (Phi) is 3.75. The lowest BCUT2D eigenvalue weighted by Crippen LogP contribution is -2.41. The zero-order valence-electron chi connectivity index (χ0n) is 12.1. The highest BCUT2D eigenvalue weighted by Gasteiger charge is 2.37. The monoisotopic (exact) mass is 324 g/mol. The van der Waals surface area contributed by atoms with E-state index in [1.165, 1.54) is 4.31 Å². The second kappa shape index (κ2) is 5.45. The highest BCUT2D eigenvalue weighted by molar-refractivity contribution is 7.89. The van der Waals surface area contributed by atoms with E-state index in [-0.39, 0.29) is 12.3 Å². The van der Waals surface area contributed by atoms with Crippen LogP contribution in [-0.4, -0.2) is 61.1 Å².